The highest BCUT2D eigenvalue weighted by Gasteiger charge is 2.30. The minimum absolute atomic E-state index is 0.198. The molecule has 1 amide bonds. The lowest BCUT2D eigenvalue weighted by atomic mass is 9.93. The number of rotatable bonds is 4. The van der Waals surface area contributed by atoms with Gasteiger partial charge in [-0.25, -0.2) is 0 Å². The van der Waals surface area contributed by atoms with Crippen LogP contribution in [-0.2, 0) is 24.2 Å². The number of hydrogen-bond acceptors (Lipinski definition) is 3. The van der Waals surface area contributed by atoms with Crippen molar-refractivity contribution in [2.24, 2.45) is 5.92 Å². The van der Waals surface area contributed by atoms with Gasteiger partial charge in [-0.1, -0.05) is 24.3 Å². The summed E-state index contributed by atoms with van der Waals surface area (Å²) < 4.78 is 0. The number of aromatic nitrogens is 2. The molecule has 0 unspecified atom stereocenters. The standard InChI is InChI=1S/C22H30N4O/c1-16-21(17(2)24-23-16)10-13-25-11-7-19(8-12-25)22(27)26-14-9-18-5-3-4-6-20(18)15-26/h3-6,19H,7-15H2,1-2H3,(H,23,24). The zero-order valence-electron chi connectivity index (χ0n) is 16.5. The summed E-state index contributed by atoms with van der Waals surface area (Å²) in [7, 11) is 0. The number of hydrogen-bond donors (Lipinski definition) is 1. The van der Waals surface area contributed by atoms with Gasteiger partial charge in [0.05, 0.1) is 5.69 Å². The van der Waals surface area contributed by atoms with Crippen molar-refractivity contribution in [1.82, 2.24) is 20.0 Å². The maximum atomic E-state index is 13.0. The maximum Gasteiger partial charge on any atom is 0.226 e. The zero-order valence-corrected chi connectivity index (χ0v) is 16.5. The van der Waals surface area contributed by atoms with E-state index in [1.165, 1.54) is 22.4 Å². The van der Waals surface area contributed by atoms with E-state index in [1.54, 1.807) is 0 Å². The quantitative estimate of drug-likeness (QED) is 0.905. The first-order valence-corrected chi connectivity index (χ1v) is 10.2. The lowest BCUT2D eigenvalue weighted by molar-refractivity contribution is -0.138. The van der Waals surface area contributed by atoms with Crippen LogP contribution in [0.5, 0.6) is 0 Å². The fraction of sp³-hybridized carbons (Fsp3) is 0.545. The summed E-state index contributed by atoms with van der Waals surface area (Å²) in [5.74, 6) is 0.564. The highest BCUT2D eigenvalue weighted by Crippen LogP contribution is 2.25. The number of fused-ring (bicyclic) bond motifs is 1. The Labute approximate surface area is 161 Å². The monoisotopic (exact) mass is 366 g/mol. The second-order valence-electron chi connectivity index (χ2n) is 8.06. The van der Waals surface area contributed by atoms with Crippen LogP contribution in [0, 0.1) is 19.8 Å². The molecule has 4 rings (SSSR count). The van der Waals surface area contributed by atoms with E-state index in [9.17, 15) is 4.79 Å². The van der Waals surface area contributed by atoms with Gasteiger partial charge < -0.3 is 9.80 Å². The zero-order chi connectivity index (χ0) is 18.8. The van der Waals surface area contributed by atoms with Gasteiger partial charge in [-0.15, -0.1) is 0 Å². The van der Waals surface area contributed by atoms with E-state index in [0.29, 0.717) is 5.91 Å². The van der Waals surface area contributed by atoms with Crippen molar-refractivity contribution in [1.29, 1.82) is 0 Å². The molecule has 5 nitrogen and oxygen atoms in total. The number of carbonyl (C=O) groups excluding carboxylic acids is 1. The Morgan fingerprint density at radius 3 is 2.59 bits per heavy atom. The van der Waals surface area contributed by atoms with Crippen LogP contribution < -0.4 is 0 Å². The number of carbonyl (C=O) groups is 1. The molecule has 2 aliphatic heterocycles. The van der Waals surface area contributed by atoms with Crippen LogP contribution in [0.3, 0.4) is 0 Å². The fourth-order valence-corrected chi connectivity index (χ4v) is 4.56. The molecular formula is C22H30N4O. The summed E-state index contributed by atoms with van der Waals surface area (Å²) in [5, 5.41) is 7.36. The largest absolute Gasteiger partial charge is 0.338 e. The van der Waals surface area contributed by atoms with Gasteiger partial charge in [-0.2, -0.15) is 5.10 Å². The van der Waals surface area contributed by atoms with Gasteiger partial charge in [-0.3, -0.25) is 9.89 Å². The van der Waals surface area contributed by atoms with Crippen LogP contribution in [0.1, 0.15) is 40.9 Å². The average Bonchev–Trinajstić information content (AvgIpc) is 3.03. The predicted molar refractivity (Wildman–Crippen MR) is 106 cm³/mol. The summed E-state index contributed by atoms with van der Waals surface area (Å²) in [5.41, 5.74) is 6.37. The highest BCUT2D eigenvalue weighted by atomic mass is 16.2. The number of amides is 1. The Balaban J connectivity index is 1.27. The molecule has 0 bridgehead atoms. The van der Waals surface area contributed by atoms with Gasteiger partial charge in [0.25, 0.3) is 0 Å². The molecule has 1 saturated heterocycles. The second-order valence-corrected chi connectivity index (χ2v) is 8.06. The van der Waals surface area contributed by atoms with E-state index in [4.69, 9.17) is 0 Å². The van der Waals surface area contributed by atoms with Crippen molar-refractivity contribution in [2.45, 2.75) is 46.1 Å². The first kappa shape index (κ1) is 18.2. The molecule has 27 heavy (non-hydrogen) atoms. The van der Waals surface area contributed by atoms with E-state index in [-0.39, 0.29) is 5.92 Å². The van der Waals surface area contributed by atoms with Crippen molar-refractivity contribution in [3.05, 3.63) is 52.3 Å². The normalized spacial score (nSPS) is 18.5. The minimum Gasteiger partial charge on any atom is -0.338 e. The number of piperidine rings is 1. The van der Waals surface area contributed by atoms with Crippen LogP contribution in [0.25, 0.3) is 0 Å². The number of nitrogens with zero attached hydrogens (tertiary/aromatic N) is 3. The van der Waals surface area contributed by atoms with Crippen LogP contribution in [-0.4, -0.2) is 52.1 Å². The van der Waals surface area contributed by atoms with Crippen LogP contribution >= 0.6 is 0 Å². The molecule has 3 heterocycles. The third-order valence-corrected chi connectivity index (χ3v) is 6.34. The van der Waals surface area contributed by atoms with E-state index < -0.39 is 0 Å². The molecule has 0 radical (unpaired) electrons. The molecule has 2 aliphatic rings. The third-order valence-electron chi connectivity index (χ3n) is 6.34. The molecule has 1 fully saturated rings. The fourth-order valence-electron chi connectivity index (χ4n) is 4.56. The van der Waals surface area contributed by atoms with Crippen molar-refractivity contribution in [3.8, 4) is 0 Å². The van der Waals surface area contributed by atoms with Gasteiger partial charge in [0.15, 0.2) is 0 Å². The van der Waals surface area contributed by atoms with Gasteiger partial charge in [0.2, 0.25) is 5.91 Å². The Kier molecular flexibility index (Phi) is 5.30. The summed E-state index contributed by atoms with van der Waals surface area (Å²) >= 11 is 0. The summed E-state index contributed by atoms with van der Waals surface area (Å²) in [6.45, 7) is 8.92. The minimum atomic E-state index is 0.198. The van der Waals surface area contributed by atoms with Gasteiger partial charge in [0.1, 0.15) is 0 Å². The summed E-state index contributed by atoms with van der Waals surface area (Å²) in [6.07, 6.45) is 4.00. The van der Waals surface area contributed by atoms with E-state index in [1.807, 2.05) is 0 Å². The Hall–Kier alpha value is -2.14. The molecule has 5 heteroatoms. The lowest BCUT2D eigenvalue weighted by Crippen LogP contribution is -2.44. The number of H-pyrrole nitrogens is 1. The molecule has 1 aromatic carbocycles. The number of aryl methyl sites for hydroxylation is 2. The second kappa shape index (κ2) is 7.85. The topological polar surface area (TPSA) is 52.2 Å². The average molecular weight is 367 g/mol. The Morgan fingerprint density at radius 2 is 1.89 bits per heavy atom. The van der Waals surface area contributed by atoms with Crippen LogP contribution in [0.2, 0.25) is 0 Å². The summed E-state index contributed by atoms with van der Waals surface area (Å²) in [6, 6.07) is 8.53. The molecule has 1 aromatic heterocycles. The third kappa shape index (κ3) is 3.93. The number of likely N-dealkylation sites (tertiary alicyclic amines) is 1. The van der Waals surface area contributed by atoms with Gasteiger partial charge in [-0.05, 0) is 69.3 Å². The predicted octanol–water partition coefficient (Wildman–Crippen LogP) is 2.87. The van der Waals surface area contributed by atoms with E-state index >= 15 is 0 Å². The first-order chi connectivity index (χ1) is 13.1. The number of nitrogens with one attached hydrogen (secondary N) is 1. The molecule has 0 spiro atoms. The van der Waals surface area contributed by atoms with E-state index in [0.717, 1.165) is 64.1 Å². The molecule has 0 atom stereocenters. The first-order valence-electron chi connectivity index (χ1n) is 10.2. The summed E-state index contributed by atoms with van der Waals surface area (Å²) in [4.78, 5) is 17.6. The van der Waals surface area contributed by atoms with Crippen LogP contribution in [0.4, 0.5) is 0 Å². The number of aromatic amines is 1. The molecular weight excluding hydrogens is 336 g/mol. The van der Waals surface area contributed by atoms with Crippen molar-refractivity contribution < 1.29 is 4.79 Å². The molecule has 144 valence electrons. The van der Waals surface area contributed by atoms with Crippen molar-refractivity contribution in [2.75, 3.05) is 26.2 Å². The lowest BCUT2D eigenvalue weighted by Gasteiger charge is -2.36. The molecule has 2 aromatic rings. The molecule has 0 aliphatic carbocycles. The smallest absolute Gasteiger partial charge is 0.226 e. The highest BCUT2D eigenvalue weighted by molar-refractivity contribution is 5.79. The van der Waals surface area contributed by atoms with Crippen LogP contribution in [0.15, 0.2) is 24.3 Å². The van der Waals surface area contributed by atoms with Gasteiger partial charge in [0, 0.05) is 31.2 Å². The Bertz CT molecular complexity index is 785. The van der Waals surface area contributed by atoms with Crippen molar-refractivity contribution >= 4 is 5.91 Å². The Morgan fingerprint density at radius 1 is 1.15 bits per heavy atom. The van der Waals surface area contributed by atoms with E-state index in [2.05, 4.69) is 58.1 Å². The maximum absolute atomic E-state index is 13.0. The molecule has 0 saturated carbocycles. The molecule has 1 N–H and O–H groups in total. The van der Waals surface area contributed by atoms with Gasteiger partial charge >= 0.3 is 0 Å². The van der Waals surface area contributed by atoms with Crippen molar-refractivity contribution in [3.63, 3.8) is 0 Å². The number of benzene rings is 1. The SMILES string of the molecule is Cc1n[nH]c(C)c1CCN1CCC(C(=O)N2CCc3ccccc3C2)CC1.